The second-order valence-electron chi connectivity index (χ2n) is 9.14. The van der Waals surface area contributed by atoms with E-state index in [1.54, 1.807) is 29.5 Å². The molecule has 34 heavy (non-hydrogen) atoms. The van der Waals surface area contributed by atoms with E-state index >= 15 is 0 Å². The largest absolute Gasteiger partial charge is 0.307 e. The van der Waals surface area contributed by atoms with Crippen molar-refractivity contribution in [2.24, 2.45) is 0 Å². The third-order valence-corrected chi connectivity index (χ3v) is 9.05. The maximum atomic E-state index is 13.4. The number of amides is 1. The first-order valence-electron chi connectivity index (χ1n) is 11.6. The van der Waals surface area contributed by atoms with Crippen molar-refractivity contribution < 1.29 is 9.59 Å². The van der Waals surface area contributed by atoms with E-state index in [-0.39, 0.29) is 11.7 Å². The molecule has 1 amide bonds. The van der Waals surface area contributed by atoms with Crippen molar-refractivity contribution in [1.82, 2.24) is 5.32 Å². The van der Waals surface area contributed by atoms with E-state index in [9.17, 15) is 14.9 Å². The van der Waals surface area contributed by atoms with Crippen molar-refractivity contribution in [3.05, 3.63) is 72.5 Å². The number of hydrogen-bond donors (Lipinski definition) is 1. The summed E-state index contributed by atoms with van der Waals surface area (Å²) in [6, 6.07) is 7.45. The summed E-state index contributed by atoms with van der Waals surface area (Å²) in [6.07, 6.45) is 7.07. The Hall–Kier alpha value is -2.59. The highest BCUT2D eigenvalue weighted by Crippen LogP contribution is 2.52. The number of rotatable bonds is 1. The van der Waals surface area contributed by atoms with Crippen molar-refractivity contribution >= 4 is 51.2 Å². The van der Waals surface area contributed by atoms with Crippen molar-refractivity contribution in [3.63, 3.8) is 0 Å². The fourth-order valence-electron chi connectivity index (χ4n) is 5.74. The van der Waals surface area contributed by atoms with E-state index in [0.29, 0.717) is 45.4 Å². The van der Waals surface area contributed by atoms with E-state index in [0.717, 1.165) is 53.9 Å². The van der Waals surface area contributed by atoms with E-state index in [1.165, 1.54) is 11.3 Å². The smallest absolute Gasteiger partial charge is 0.260 e. The topological polar surface area (TPSA) is 73.2 Å². The first-order chi connectivity index (χ1) is 16.5. The van der Waals surface area contributed by atoms with Gasteiger partial charge >= 0.3 is 0 Å². The van der Waals surface area contributed by atoms with Crippen LogP contribution in [-0.4, -0.2) is 11.7 Å². The molecule has 0 fully saturated rings. The monoisotopic (exact) mass is 509 g/mol. The number of nitriles is 1. The molecular weight excluding hydrogens is 489 g/mol. The summed E-state index contributed by atoms with van der Waals surface area (Å²) >= 11 is 14.4. The van der Waals surface area contributed by atoms with Gasteiger partial charge in [0.25, 0.3) is 5.91 Å². The number of aryl methyl sites for hydroxylation is 1. The van der Waals surface area contributed by atoms with Gasteiger partial charge in [-0.2, -0.15) is 5.26 Å². The van der Waals surface area contributed by atoms with Crippen LogP contribution in [0, 0.1) is 11.3 Å². The summed E-state index contributed by atoms with van der Waals surface area (Å²) in [5.41, 5.74) is 4.33. The fraction of sp³-hybridized carbons (Fsp3) is 0.346. The minimum atomic E-state index is -0.636. The Morgan fingerprint density at radius 1 is 1.06 bits per heavy atom. The van der Waals surface area contributed by atoms with Crippen LogP contribution in [-0.2, 0) is 17.6 Å². The van der Waals surface area contributed by atoms with Crippen LogP contribution in [0.1, 0.15) is 70.8 Å². The highest BCUT2D eigenvalue weighted by atomic mass is 35.5. The number of fused-ring (bicyclic) bond motifs is 6. The van der Waals surface area contributed by atoms with Crippen LogP contribution in [0.15, 0.2) is 40.9 Å². The lowest BCUT2D eigenvalue weighted by atomic mass is 9.75. The van der Waals surface area contributed by atoms with Gasteiger partial charge < -0.3 is 5.32 Å². The molecule has 172 valence electrons. The molecule has 1 aromatic heterocycles. The van der Waals surface area contributed by atoms with Gasteiger partial charge in [-0.1, -0.05) is 35.7 Å². The van der Waals surface area contributed by atoms with E-state index in [4.69, 9.17) is 23.2 Å². The molecule has 1 aromatic carbocycles. The molecule has 3 heterocycles. The number of benzene rings is 1. The number of carbonyl (C=O) groups excluding carboxylic acids is 2. The highest BCUT2D eigenvalue weighted by molar-refractivity contribution is 7.17. The molecule has 1 N–H and O–H groups in total. The number of carbonyl (C=O) groups is 2. The number of nitrogens with zero attached hydrogens (tertiary/aromatic N) is 2. The van der Waals surface area contributed by atoms with E-state index in [1.807, 2.05) is 4.90 Å². The summed E-state index contributed by atoms with van der Waals surface area (Å²) in [5, 5.41) is 15.1. The molecule has 0 unspecified atom stereocenters. The fourth-order valence-corrected chi connectivity index (χ4v) is 7.68. The van der Waals surface area contributed by atoms with Gasteiger partial charge in [0.15, 0.2) is 5.78 Å². The standard InChI is InChI=1S/C26H21Cl2N3O2S/c27-13-9-10-14(17(28)11-13)21-16(12-29)24-30-25(33)22-15-5-2-1-3-8-20(15)34-26(22)31(24)18-6-4-7-19(32)23(18)21/h9-11,21H,1-8H2,(H,30,33)/t21-/m0/s1. The molecular formula is C26H21Cl2N3O2S. The molecule has 6 rings (SSSR count). The molecule has 4 aliphatic rings. The number of nitrogens with one attached hydrogen (secondary N) is 1. The third kappa shape index (κ3) is 3.18. The third-order valence-electron chi connectivity index (χ3n) is 7.21. The second-order valence-corrected chi connectivity index (χ2v) is 11.1. The number of thiophene rings is 1. The minimum absolute atomic E-state index is 0.0284. The first kappa shape index (κ1) is 21.9. The highest BCUT2D eigenvalue weighted by Gasteiger charge is 2.46. The van der Waals surface area contributed by atoms with Crippen LogP contribution in [0.2, 0.25) is 10.0 Å². The van der Waals surface area contributed by atoms with Crippen molar-refractivity contribution in [2.75, 3.05) is 4.90 Å². The van der Waals surface area contributed by atoms with Gasteiger partial charge in [-0.3, -0.25) is 14.5 Å². The van der Waals surface area contributed by atoms with Crippen LogP contribution in [0.4, 0.5) is 5.00 Å². The number of ketones is 1. The number of anilines is 1. The van der Waals surface area contributed by atoms with Crippen molar-refractivity contribution in [1.29, 1.82) is 5.26 Å². The predicted molar refractivity (Wildman–Crippen MR) is 133 cm³/mol. The van der Waals surface area contributed by atoms with Crippen molar-refractivity contribution in [3.8, 4) is 6.07 Å². The Labute approximate surface area is 211 Å². The molecule has 0 bridgehead atoms. The molecule has 0 spiro atoms. The van der Waals surface area contributed by atoms with Crippen LogP contribution in [0.25, 0.3) is 0 Å². The molecule has 0 radical (unpaired) electrons. The summed E-state index contributed by atoms with van der Waals surface area (Å²) in [6.45, 7) is 0. The predicted octanol–water partition coefficient (Wildman–Crippen LogP) is 6.41. The minimum Gasteiger partial charge on any atom is -0.307 e. The molecule has 2 aliphatic heterocycles. The molecule has 1 atom stereocenters. The molecule has 2 aromatic rings. The van der Waals surface area contributed by atoms with E-state index < -0.39 is 5.92 Å². The SMILES string of the molecule is N#CC1=C2NC(=O)c3c(sc4c3CCCCC4)N2C2=C(C(=O)CCC2)[C@H]1c1ccc(Cl)cc1Cl. The number of hydrogen-bond acceptors (Lipinski definition) is 5. The van der Waals surface area contributed by atoms with E-state index in [2.05, 4.69) is 11.4 Å². The normalized spacial score (nSPS) is 21.8. The average Bonchev–Trinajstić information content (AvgIpc) is 3.02. The zero-order chi connectivity index (χ0) is 23.6. The lowest BCUT2D eigenvalue weighted by Crippen LogP contribution is -2.46. The maximum absolute atomic E-state index is 13.4. The Balaban J connectivity index is 1.62. The number of Topliss-reactive ketones (excluding diaryl/α,β-unsaturated/α-hetero) is 1. The molecule has 0 saturated carbocycles. The molecule has 5 nitrogen and oxygen atoms in total. The van der Waals surface area contributed by atoms with Gasteiger partial charge in [0.2, 0.25) is 0 Å². The van der Waals surface area contributed by atoms with Gasteiger partial charge in [-0.15, -0.1) is 11.3 Å². The zero-order valence-corrected chi connectivity index (χ0v) is 20.7. The molecule has 8 heteroatoms. The zero-order valence-electron chi connectivity index (χ0n) is 18.3. The quantitative estimate of drug-likeness (QED) is 0.450. The van der Waals surface area contributed by atoms with Gasteiger partial charge in [0.1, 0.15) is 10.8 Å². The van der Waals surface area contributed by atoms with Crippen LogP contribution >= 0.6 is 34.5 Å². The van der Waals surface area contributed by atoms with Crippen LogP contribution in [0.5, 0.6) is 0 Å². The Kier molecular flexibility index (Phi) is 5.33. The first-order valence-corrected chi connectivity index (χ1v) is 13.2. The Morgan fingerprint density at radius 3 is 2.68 bits per heavy atom. The Bertz CT molecular complexity index is 1380. The second kappa shape index (κ2) is 8.27. The summed E-state index contributed by atoms with van der Waals surface area (Å²) in [5.74, 6) is -0.314. The summed E-state index contributed by atoms with van der Waals surface area (Å²) < 4.78 is 0. The summed E-state index contributed by atoms with van der Waals surface area (Å²) in [4.78, 5) is 30.1. The van der Waals surface area contributed by atoms with Gasteiger partial charge in [-0.25, -0.2) is 0 Å². The van der Waals surface area contributed by atoms with Crippen LogP contribution in [0.3, 0.4) is 0 Å². The lowest BCUT2D eigenvalue weighted by Gasteiger charge is -2.42. The van der Waals surface area contributed by atoms with Gasteiger partial charge in [-0.05, 0) is 61.8 Å². The van der Waals surface area contributed by atoms with Gasteiger partial charge in [0, 0.05) is 32.6 Å². The molecule has 2 aliphatic carbocycles. The Morgan fingerprint density at radius 2 is 1.88 bits per heavy atom. The number of allylic oxidation sites excluding steroid dienone is 3. The lowest BCUT2D eigenvalue weighted by molar-refractivity contribution is -0.116. The van der Waals surface area contributed by atoms with Crippen LogP contribution < -0.4 is 10.2 Å². The molecule has 0 saturated heterocycles. The van der Waals surface area contributed by atoms with Crippen molar-refractivity contribution in [2.45, 2.75) is 57.3 Å². The number of halogens is 2. The summed E-state index contributed by atoms with van der Waals surface area (Å²) in [7, 11) is 0. The average molecular weight is 510 g/mol. The van der Waals surface area contributed by atoms with Gasteiger partial charge in [0.05, 0.1) is 23.1 Å². The maximum Gasteiger partial charge on any atom is 0.260 e.